The van der Waals surface area contributed by atoms with Crippen molar-refractivity contribution in [2.75, 3.05) is 18.4 Å². The Bertz CT molecular complexity index is 1000. The quantitative estimate of drug-likeness (QED) is 0.720. The van der Waals surface area contributed by atoms with E-state index in [1.54, 1.807) is 30.3 Å². The minimum absolute atomic E-state index is 0.0910. The summed E-state index contributed by atoms with van der Waals surface area (Å²) in [5.41, 5.74) is 2.80. The lowest BCUT2D eigenvalue weighted by Crippen LogP contribution is -2.38. The molecule has 6 heteroatoms. The summed E-state index contributed by atoms with van der Waals surface area (Å²) in [5.74, 6) is -0.301. The molecule has 0 aliphatic carbocycles. The van der Waals surface area contributed by atoms with Gasteiger partial charge in [0.1, 0.15) is 5.70 Å². The van der Waals surface area contributed by atoms with Crippen LogP contribution in [0.5, 0.6) is 0 Å². The summed E-state index contributed by atoms with van der Waals surface area (Å²) >= 11 is 0. The third-order valence-corrected chi connectivity index (χ3v) is 5.52. The van der Waals surface area contributed by atoms with Crippen LogP contribution in [-0.4, -0.2) is 35.7 Å². The van der Waals surface area contributed by atoms with Crippen molar-refractivity contribution >= 4 is 29.5 Å². The number of para-hydroxylation sites is 1. The zero-order chi connectivity index (χ0) is 22.4. The fourth-order valence-electron chi connectivity index (χ4n) is 3.60. The van der Waals surface area contributed by atoms with Gasteiger partial charge in [0.15, 0.2) is 0 Å². The minimum Gasteiger partial charge on any atom is -0.339 e. The van der Waals surface area contributed by atoms with Gasteiger partial charge in [0.25, 0.3) is 11.8 Å². The Morgan fingerprint density at radius 3 is 2.32 bits per heavy atom. The zero-order valence-electron chi connectivity index (χ0n) is 18.3. The van der Waals surface area contributed by atoms with Crippen molar-refractivity contribution in [1.82, 2.24) is 10.2 Å². The van der Waals surface area contributed by atoms with Gasteiger partial charge in [-0.1, -0.05) is 43.3 Å². The van der Waals surface area contributed by atoms with Gasteiger partial charge in [-0.2, -0.15) is 0 Å². The first kappa shape index (κ1) is 22.3. The number of piperidine rings is 1. The summed E-state index contributed by atoms with van der Waals surface area (Å²) in [7, 11) is 0. The van der Waals surface area contributed by atoms with E-state index >= 15 is 0 Å². The van der Waals surface area contributed by atoms with E-state index in [0.717, 1.165) is 24.0 Å². The summed E-state index contributed by atoms with van der Waals surface area (Å²) in [4.78, 5) is 39.7. The van der Waals surface area contributed by atoms with Crippen LogP contribution in [0, 0.1) is 12.8 Å². The predicted octanol–water partition coefficient (Wildman–Crippen LogP) is 3.98. The number of amides is 3. The van der Waals surface area contributed by atoms with Gasteiger partial charge < -0.3 is 15.5 Å². The Hall–Kier alpha value is -3.41. The molecule has 31 heavy (non-hydrogen) atoms. The molecule has 162 valence electrons. The molecule has 3 rings (SSSR count). The molecule has 2 N–H and O–H groups in total. The van der Waals surface area contributed by atoms with E-state index < -0.39 is 5.91 Å². The predicted molar refractivity (Wildman–Crippen MR) is 122 cm³/mol. The maximum Gasteiger partial charge on any atom is 0.272 e. The number of rotatable bonds is 5. The minimum atomic E-state index is -0.481. The van der Waals surface area contributed by atoms with Gasteiger partial charge in [-0.15, -0.1) is 0 Å². The van der Waals surface area contributed by atoms with Gasteiger partial charge in [0, 0.05) is 20.0 Å². The smallest absolute Gasteiger partial charge is 0.272 e. The summed E-state index contributed by atoms with van der Waals surface area (Å²) < 4.78 is 0. The lowest BCUT2D eigenvalue weighted by molar-refractivity contribution is -0.120. The average molecular weight is 420 g/mol. The largest absolute Gasteiger partial charge is 0.339 e. The first-order valence-electron chi connectivity index (χ1n) is 10.6. The highest BCUT2D eigenvalue weighted by Gasteiger charge is 2.24. The Labute approximate surface area is 183 Å². The molecule has 1 fully saturated rings. The molecule has 1 heterocycles. The van der Waals surface area contributed by atoms with Gasteiger partial charge in [-0.25, -0.2) is 0 Å². The molecule has 2 aromatic rings. The molecular formula is C25H29N3O3. The number of nitrogens with zero attached hydrogens (tertiary/aromatic N) is 1. The maximum absolute atomic E-state index is 13.1. The van der Waals surface area contributed by atoms with Crippen molar-refractivity contribution in [3.05, 3.63) is 70.9 Å². The van der Waals surface area contributed by atoms with E-state index in [1.807, 2.05) is 36.1 Å². The van der Waals surface area contributed by atoms with Crippen LogP contribution in [0.1, 0.15) is 48.2 Å². The molecular weight excluding hydrogens is 390 g/mol. The number of benzene rings is 2. The SMILES string of the molecule is CC(=O)NC(=Cc1ccccc1C)C(=O)Nc1ccccc1C(=O)N1CCC(C)CC1. The normalized spacial score (nSPS) is 14.8. The van der Waals surface area contributed by atoms with Gasteiger partial charge >= 0.3 is 0 Å². The lowest BCUT2D eigenvalue weighted by Gasteiger charge is -2.30. The van der Waals surface area contributed by atoms with Crippen molar-refractivity contribution in [3.8, 4) is 0 Å². The second-order valence-corrected chi connectivity index (χ2v) is 8.07. The van der Waals surface area contributed by atoms with Gasteiger partial charge in [0.2, 0.25) is 5.91 Å². The van der Waals surface area contributed by atoms with Crippen LogP contribution in [0.25, 0.3) is 6.08 Å². The fraction of sp³-hybridized carbons (Fsp3) is 0.320. The van der Waals surface area contributed by atoms with Crippen LogP contribution in [0.15, 0.2) is 54.2 Å². The lowest BCUT2D eigenvalue weighted by atomic mass is 9.98. The zero-order valence-corrected chi connectivity index (χ0v) is 18.3. The first-order valence-corrected chi connectivity index (χ1v) is 10.6. The molecule has 0 atom stereocenters. The number of hydrogen-bond donors (Lipinski definition) is 2. The number of aryl methyl sites for hydroxylation is 1. The van der Waals surface area contributed by atoms with Crippen molar-refractivity contribution in [2.45, 2.75) is 33.6 Å². The molecule has 3 amide bonds. The average Bonchev–Trinajstić information content (AvgIpc) is 2.75. The van der Waals surface area contributed by atoms with E-state index in [4.69, 9.17) is 0 Å². The molecule has 0 aromatic heterocycles. The monoisotopic (exact) mass is 419 g/mol. The van der Waals surface area contributed by atoms with E-state index in [-0.39, 0.29) is 17.5 Å². The molecule has 0 unspecified atom stereocenters. The number of nitrogens with one attached hydrogen (secondary N) is 2. The van der Waals surface area contributed by atoms with Gasteiger partial charge in [-0.3, -0.25) is 14.4 Å². The van der Waals surface area contributed by atoms with Gasteiger partial charge in [0.05, 0.1) is 11.3 Å². The Morgan fingerprint density at radius 1 is 1.00 bits per heavy atom. The molecule has 2 aromatic carbocycles. The van der Waals surface area contributed by atoms with Crippen LogP contribution >= 0.6 is 0 Å². The number of carbonyl (C=O) groups is 3. The number of hydrogen-bond acceptors (Lipinski definition) is 3. The summed E-state index contributed by atoms with van der Waals surface area (Å²) in [6.07, 6.45) is 3.60. The van der Waals surface area contributed by atoms with Crippen molar-refractivity contribution in [2.24, 2.45) is 5.92 Å². The summed E-state index contributed by atoms with van der Waals surface area (Å²) in [6.45, 7) is 6.91. The van der Waals surface area contributed by atoms with Crippen LogP contribution in [0.2, 0.25) is 0 Å². The molecule has 1 saturated heterocycles. The third-order valence-electron chi connectivity index (χ3n) is 5.52. The second-order valence-electron chi connectivity index (χ2n) is 8.07. The molecule has 0 saturated carbocycles. The molecule has 0 radical (unpaired) electrons. The second kappa shape index (κ2) is 10.1. The van der Waals surface area contributed by atoms with Crippen LogP contribution in [0.4, 0.5) is 5.69 Å². The number of likely N-dealkylation sites (tertiary alicyclic amines) is 1. The standard InChI is InChI=1S/C25H29N3O3/c1-17-12-14-28(15-13-17)25(31)21-10-6-7-11-22(21)27-24(30)23(26-19(3)29)16-20-9-5-4-8-18(20)2/h4-11,16-17H,12-15H2,1-3H3,(H,26,29)(H,27,30). The van der Waals surface area contributed by atoms with Crippen molar-refractivity contribution < 1.29 is 14.4 Å². The molecule has 1 aliphatic rings. The molecule has 6 nitrogen and oxygen atoms in total. The van der Waals surface area contributed by atoms with Gasteiger partial charge in [-0.05, 0) is 55.0 Å². The highest BCUT2D eigenvalue weighted by Crippen LogP contribution is 2.23. The Morgan fingerprint density at radius 2 is 1.65 bits per heavy atom. The first-order chi connectivity index (χ1) is 14.8. The number of anilines is 1. The Kier molecular flexibility index (Phi) is 7.23. The van der Waals surface area contributed by atoms with Crippen LogP contribution in [0.3, 0.4) is 0 Å². The highest BCUT2D eigenvalue weighted by molar-refractivity contribution is 6.11. The van der Waals surface area contributed by atoms with E-state index in [0.29, 0.717) is 30.3 Å². The topological polar surface area (TPSA) is 78.5 Å². The van der Waals surface area contributed by atoms with E-state index in [9.17, 15) is 14.4 Å². The number of carbonyl (C=O) groups excluding carboxylic acids is 3. The third kappa shape index (κ3) is 5.81. The maximum atomic E-state index is 13.1. The van der Waals surface area contributed by atoms with E-state index in [2.05, 4.69) is 17.6 Å². The van der Waals surface area contributed by atoms with Crippen LogP contribution in [-0.2, 0) is 9.59 Å². The van der Waals surface area contributed by atoms with E-state index in [1.165, 1.54) is 6.92 Å². The molecule has 0 bridgehead atoms. The fourth-order valence-corrected chi connectivity index (χ4v) is 3.60. The highest BCUT2D eigenvalue weighted by atomic mass is 16.2. The Balaban J connectivity index is 1.85. The summed E-state index contributed by atoms with van der Waals surface area (Å²) in [6, 6.07) is 14.6. The summed E-state index contributed by atoms with van der Waals surface area (Å²) in [5, 5.41) is 5.42. The molecule has 1 aliphatic heterocycles. The van der Waals surface area contributed by atoms with Crippen molar-refractivity contribution in [1.29, 1.82) is 0 Å². The molecule has 0 spiro atoms. The van der Waals surface area contributed by atoms with Crippen molar-refractivity contribution in [3.63, 3.8) is 0 Å². The van der Waals surface area contributed by atoms with Crippen LogP contribution < -0.4 is 10.6 Å².